The minimum atomic E-state index is -0.788. The molecular formula is C57H86N6O13S. The van der Waals surface area contributed by atoms with E-state index < -0.39 is 42.1 Å². The van der Waals surface area contributed by atoms with Crippen LogP contribution in [-0.2, 0) is 59.1 Å². The number of thioether (sulfide) groups is 1. The summed E-state index contributed by atoms with van der Waals surface area (Å²) in [6.45, 7) is 13.9. The topological polar surface area (TPSA) is 272 Å². The number of hydrogen-bond acceptors (Lipinski definition) is 14. The zero-order valence-electron chi connectivity index (χ0n) is 46.5. The van der Waals surface area contributed by atoms with Crippen LogP contribution in [0.1, 0.15) is 138 Å². The van der Waals surface area contributed by atoms with Crippen molar-refractivity contribution in [1.29, 1.82) is 0 Å². The number of alkyl carbamates (subject to hydrolysis) is 1. The van der Waals surface area contributed by atoms with Crippen molar-refractivity contribution >= 4 is 64.8 Å². The van der Waals surface area contributed by atoms with Gasteiger partial charge in [-0.15, -0.1) is 0 Å². The Morgan fingerprint density at radius 1 is 0.909 bits per heavy atom. The Bertz CT molecular complexity index is 2220. The van der Waals surface area contributed by atoms with Crippen LogP contribution in [0.25, 0.3) is 0 Å². The monoisotopic (exact) mass is 1090 g/mol. The van der Waals surface area contributed by atoms with Crippen molar-refractivity contribution in [1.82, 2.24) is 21.3 Å². The molecule has 1 spiro atoms. The molecule has 0 radical (unpaired) electrons. The summed E-state index contributed by atoms with van der Waals surface area (Å²) in [4.78, 5) is 99.9. The van der Waals surface area contributed by atoms with Gasteiger partial charge in [0.25, 0.3) is 0 Å². The number of anilines is 1. The van der Waals surface area contributed by atoms with E-state index in [1.807, 2.05) is 46.1 Å². The molecule has 3 aliphatic heterocycles. The predicted octanol–water partition coefficient (Wildman–Crippen LogP) is 7.30. The van der Waals surface area contributed by atoms with E-state index in [1.54, 1.807) is 37.3 Å². The number of epoxide rings is 1. The Morgan fingerprint density at radius 2 is 1.62 bits per heavy atom. The fourth-order valence-electron chi connectivity index (χ4n) is 9.52. The molecule has 20 heteroatoms. The van der Waals surface area contributed by atoms with E-state index in [-0.39, 0.29) is 110 Å². The minimum Gasteiger partial charge on any atom is -0.459 e. The number of Topliss-reactive ketones (excluding diaryl/α,β-unsaturated/α-hetero) is 2. The molecule has 19 nitrogen and oxygen atoms in total. The van der Waals surface area contributed by atoms with Crippen LogP contribution in [0.4, 0.5) is 15.3 Å². The van der Waals surface area contributed by atoms with Gasteiger partial charge in [0.2, 0.25) is 17.7 Å². The van der Waals surface area contributed by atoms with Crippen molar-refractivity contribution in [2.75, 3.05) is 37.0 Å². The lowest BCUT2D eigenvalue weighted by molar-refractivity contribution is -0.143. The second-order valence-electron chi connectivity index (χ2n) is 21.2. The van der Waals surface area contributed by atoms with Crippen LogP contribution >= 0.6 is 11.8 Å². The number of hydrogen-bond donors (Lipinski definition) is 6. The lowest BCUT2D eigenvalue weighted by Crippen LogP contribution is -2.50. The molecule has 0 saturated carbocycles. The van der Waals surface area contributed by atoms with Crippen molar-refractivity contribution in [3.05, 3.63) is 65.8 Å². The van der Waals surface area contributed by atoms with Crippen molar-refractivity contribution in [2.45, 2.75) is 187 Å². The van der Waals surface area contributed by atoms with E-state index in [4.69, 9.17) is 29.4 Å². The highest BCUT2D eigenvalue weighted by atomic mass is 32.2. The molecule has 0 bridgehead atoms. The molecule has 428 valence electrons. The molecular weight excluding hydrogens is 1010 g/mol. The average Bonchev–Trinajstić information content (AvgIpc) is 4.13. The third kappa shape index (κ3) is 24.8. The van der Waals surface area contributed by atoms with Crippen LogP contribution in [0.3, 0.4) is 0 Å². The third-order valence-electron chi connectivity index (χ3n) is 13.9. The predicted molar refractivity (Wildman–Crippen MR) is 296 cm³/mol. The summed E-state index contributed by atoms with van der Waals surface area (Å²) in [6, 6.07) is 5.17. The largest absolute Gasteiger partial charge is 0.459 e. The van der Waals surface area contributed by atoms with Crippen LogP contribution in [0, 0.1) is 17.8 Å². The van der Waals surface area contributed by atoms with Crippen LogP contribution in [0.5, 0.6) is 0 Å². The first-order chi connectivity index (χ1) is 36.6. The second kappa shape index (κ2) is 33.0. The third-order valence-corrected chi connectivity index (χ3v) is 14.5. The van der Waals surface area contributed by atoms with Crippen LogP contribution in [0.2, 0.25) is 0 Å². The van der Waals surface area contributed by atoms with E-state index in [0.717, 1.165) is 31.3 Å². The number of unbranched alkanes of at least 4 members (excludes halogenated alkanes) is 3. The molecule has 10 atom stereocenters. The first kappa shape index (κ1) is 64.0. The fourth-order valence-corrected chi connectivity index (χ4v) is 9.98. The van der Waals surface area contributed by atoms with E-state index in [9.17, 15) is 38.4 Å². The second-order valence-corrected chi connectivity index (χ2v) is 22.1. The Labute approximate surface area is 459 Å². The van der Waals surface area contributed by atoms with Crippen molar-refractivity contribution in [3.8, 4) is 0 Å². The summed E-state index contributed by atoms with van der Waals surface area (Å²) in [5.41, 5.74) is 7.15. The lowest BCUT2D eigenvalue weighted by atomic mass is 9.88. The molecule has 6 amide bonds. The summed E-state index contributed by atoms with van der Waals surface area (Å²) in [5, 5.41) is 14.1. The number of esters is 1. The van der Waals surface area contributed by atoms with Crippen LogP contribution < -0.4 is 32.3 Å². The number of nitrogens with two attached hydrogens (primary N) is 1. The number of ether oxygens (including phenoxy) is 5. The zero-order chi connectivity index (χ0) is 56.5. The standard InChI is InChI=1S/C57H86N6O13S/c1-36(2)53(63-51(67)16-12-10-9-11-15-45(65)34-77-8)49(66)29-43(14-13-27-59-55(58)70)54(69)61-44-22-20-42(21-23-44)33-72-56(71)60-32-47-31-57(35-73-57)30-46(76-47)24-17-37(3)18-25-50-38(4)28-48(40(6)75-50)62-52(68)26-19-39(5)74-41(7)64/h17-24,26,36,38-40,43,46-48,50,53H,9-16,25,27-35H2,1-8H3,(H,60,71)(H,61,69)(H,62,68)(H,63,67)(H3,58,59,70)/b24-17+,26-19-,37-18+/t38-,39-,40+,43+,46+,47-,48+,50-,53-,57+/m0/s1. The van der Waals surface area contributed by atoms with E-state index >= 15 is 0 Å². The Hall–Kier alpha value is -5.57. The van der Waals surface area contributed by atoms with Gasteiger partial charge in [-0.3, -0.25) is 28.8 Å². The number of urea groups is 1. The smallest absolute Gasteiger partial charge is 0.407 e. The number of carbonyl (C=O) groups excluding carboxylic acids is 8. The maximum absolute atomic E-state index is 13.7. The molecule has 3 fully saturated rings. The quantitative estimate of drug-likeness (QED) is 0.0136. The van der Waals surface area contributed by atoms with Crippen molar-refractivity contribution < 1.29 is 62.0 Å². The minimum absolute atomic E-state index is 0.0173. The molecule has 77 heavy (non-hydrogen) atoms. The van der Waals surface area contributed by atoms with Gasteiger partial charge in [-0.05, 0) is 101 Å². The van der Waals surface area contributed by atoms with Gasteiger partial charge >= 0.3 is 18.1 Å². The summed E-state index contributed by atoms with van der Waals surface area (Å²) in [7, 11) is 0. The van der Waals surface area contributed by atoms with Crippen LogP contribution in [-0.4, -0.2) is 127 Å². The van der Waals surface area contributed by atoms with Gasteiger partial charge in [0.05, 0.1) is 54.5 Å². The maximum atomic E-state index is 13.7. The molecule has 0 unspecified atom stereocenters. The van der Waals surface area contributed by atoms with Gasteiger partial charge in [0.1, 0.15) is 18.5 Å². The molecule has 0 aromatic heterocycles. The number of carbonyl (C=O) groups is 8. The first-order valence-electron chi connectivity index (χ1n) is 27.3. The van der Waals surface area contributed by atoms with Gasteiger partial charge in [0, 0.05) is 69.8 Å². The molecule has 1 aromatic carbocycles. The average molecular weight is 1100 g/mol. The van der Waals surface area contributed by atoms with Gasteiger partial charge < -0.3 is 56.0 Å². The van der Waals surface area contributed by atoms with E-state index in [1.165, 1.54) is 24.8 Å². The zero-order valence-corrected chi connectivity index (χ0v) is 47.3. The highest BCUT2D eigenvalue weighted by Gasteiger charge is 2.51. The summed E-state index contributed by atoms with van der Waals surface area (Å²) < 4.78 is 29.2. The number of nitrogens with one attached hydrogen (secondary N) is 5. The maximum Gasteiger partial charge on any atom is 0.407 e. The molecule has 3 heterocycles. The number of allylic oxidation sites excluding steroid dienone is 2. The molecule has 7 N–H and O–H groups in total. The first-order valence-corrected chi connectivity index (χ1v) is 28.7. The van der Waals surface area contributed by atoms with E-state index in [0.29, 0.717) is 62.1 Å². The van der Waals surface area contributed by atoms with Gasteiger partial charge in [-0.2, -0.15) is 11.8 Å². The number of rotatable bonds is 32. The number of primary amides is 1. The SMILES string of the molecule is CSCC(=O)CCCCCCC(=O)N[C@H](C(=O)C[C@@H](CCCNC(N)=O)C(=O)Nc1ccc(COC(=O)NC[C@@H]2C[C@@]3(CO3)C[C@@H](/C=C/C(C)=C/C[C@@H]3O[C@H](C)[C@H](NC(=O)/C=C\[C@H](C)OC(C)=O)C[C@@H]3C)O2)cc1)C(C)C. The number of benzene rings is 1. The fraction of sp³-hybridized carbons (Fsp3) is 0.649. The Kier molecular flexibility index (Phi) is 27.4. The van der Waals surface area contributed by atoms with Gasteiger partial charge in [0.15, 0.2) is 5.78 Å². The summed E-state index contributed by atoms with van der Waals surface area (Å²) in [5.74, 6) is -1.62. The summed E-state index contributed by atoms with van der Waals surface area (Å²) in [6.07, 6.45) is 16.4. The van der Waals surface area contributed by atoms with Crippen molar-refractivity contribution in [2.24, 2.45) is 23.5 Å². The van der Waals surface area contributed by atoms with Gasteiger partial charge in [-0.1, -0.05) is 69.5 Å². The highest BCUT2D eigenvalue weighted by molar-refractivity contribution is 7.99. The number of ketones is 2. The number of amides is 6. The lowest BCUT2D eigenvalue weighted by Gasteiger charge is -2.39. The van der Waals surface area contributed by atoms with Gasteiger partial charge in [-0.25, -0.2) is 9.59 Å². The molecule has 4 rings (SSSR count). The highest BCUT2D eigenvalue weighted by Crippen LogP contribution is 2.42. The van der Waals surface area contributed by atoms with Crippen molar-refractivity contribution in [3.63, 3.8) is 0 Å². The normalized spacial score (nSPS) is 23.4. The van der Waals surface area contributed by atoms with E-state index in [2.05, 4.69) is 39.6 Å². The molecule has 0 aliphatic carbocycles. The van der Waals surface area contributed by atoms with Crippen LogP contribution in [0.15, 0.2) is 60.2 Å². The Balaban J connectivity index is 1.21. The molecule has 3 aliphatic rings. The molecule has 1 aromatic rings. The molecule has 3 saturated heterocycles. The Morgan fingerprint density at radius 3 is 2.29 bits per heavy atom. The summed E-state index contributed by atoms with van der Waals surface area (Å²) >= 11 is 1.51.